The van der Waals surface area contributed by atoms with E-state index >= 15 is 0 Å². The third kappa shape index (κ3) is 1.50. The second kappa shape index (κ2) is 3.11. The molecule has 0 nitrogen and oxygen atoms in total. The first-order chi connectivity index (χ1) is 3.93. The zero-order chi connectivity index (χ0) is 5.82. The van der Waals surface area contributed by atoms with Gasteiger partial charge >= 0.3 is 0 Å². The Morgan fingerprint density at radius 3 is 2.12 bits per heavy atom. The summed E-state index contributed by atoms with van der Waals surface area (Å²) in [5.74, 6) is 0.976. The Kier molecular flexibility index (Phi) is 2.38. The molecule has 0 N–H and O–H groups in total. The lowest BCUT2D eigenvalue weighted by atomic mass is 9.88. The molecule has 0 aromatic carbocycles. The first-order valence-electron chi connectivity index (χ1n) is 3.72. The van der Waals surface area contributed by atoms with Gasteiger partial charge in [-0.15, -0.1) is 0 Å². The molecule has 0 aliphatic heterocycles. The van der Waals surface area contributed by atoms with Gasteiger partial charge in [-0.3, -0.25) is 0 Å². The SMILES string of the molecule is [CH2-]CC1CCCCC1. The first kappa shape index (κ1) is 6.12. The summed E-state index contributed by atoms with van der Waals surface area (Å²) in [6, 6.07) is 0. The molecule has 0 heteroatoms. The standard InChI is InChI=1S/C8H15/c1-2-8-6-4-3-5-7-8/h8H,1-7H2/q-1. The monoisotopic (exact) mass is 111 g/mol. The first-order valence-corrected chi connectivity index (χ1v) is 3.72. The summed E-state index contributed by atoms with van der Waals surface area (Å²) >= 11 is 0. The molecule has 8 heavy (non-hydrogen) atoms. The van der Waals surface area contributed by atoms with Crippen molar-refractivity contribution in [3.05, 3.63) is 6.92 Å². The fourth-order valence-electron chi connectivity index (χ4n) is 1.48. The van der Waals surface area contributed by atoms with Gasteiger partial charge in [-0.25, -0.2) is 0 Å². The van der Waals surface area contributed by atoms with Crippen LogP contribution in [0, 0.1) is 12.8 Å². The van der Waals surface area contributed by atoms with Crippen molar-refractivity contribution in [2.24, 2.45) is 5.92 Å². The van der Waals surface area contributed by atoms with E-state index < -0.39 is 0 Å². The van der Waals surface area contributed by atoms with E-state index in [1.807, 2.05) is 0 Å². The molecule has 1 fully saturated rings. The van der Waals surface area contributed by atoms with Crippen LogP contribution in [0.2, 0.25) is 0 Å². The third-order valence-electron chi connectivity index (χ3n) is 2.13. The molecule has 0 radical (unpaired) electrons. The number of hydrogen-bond donors (Lipinski definition) is 0. The molecule has 1 aliphatic rings. The molecular formula is C8H15-. The molecule has 1 rings (SSSR count). The summed E-state index contributed by atoms with van der Waals surface area (Å²) in [6.07, 6.45) is 8.45. The molecule has 0 atom stereocenters. The normalized spacial score (nSPS) is 23.6. The molecule has 0 spiro atoms. The van der Waals surface area contributed by atoms with Crippen LogP contribution in [0.15, 0.2) is 0 Å². The highest BCUT2D eigenvalue weighted by atomic mass is 14.2. The van der Waals surface area contributed by atoms with E-state index in [4.69, 9.17) is 0 Å². The highest BCUT2D eigenvalue weighted by Crippen LogP contribution is 2.25. The Balaban J connectivity index is 2.13. The van der Waals surface area contributed by atoms with Gasteiger partial charge in [-0.2, -0.15) is 6.42 Å². The predicted octanol–water partition coefficient (Wildman–Crippen LogP) is 2.79. The minimum Gasteiger partial charge on any atom is -0.343 e. The molecular weight excluding hydrogens is 96.1 g/mol. The molecule has 0 amide bonds. The molecule has 0 bridgehead atoms. The van der Waals surface area contributed by atoms with Crippen molar-refractivity contribution in [1.82, 2.24) is 0 Å². The van der Waals surface area contributed by atoms with Crippen molar-refractivity contribution in [3.8, 4) is 0 Å². The van der Waals surface area contributed by atoms with Crippen LogP contribution in [0.4, 0.5) is 0 Å². The van der Waals surface area contributed by atoms with Crippen LogP contribution >= 0.6 is 0 Å². The summed E-state index contributed by atoms with van der Waals surface area (Å²) in [7, 11) is 0. The van der Waals surface area contributed by atoms with E-state index in [2.05, 4.69) is 6.92 Å². The van der Waals surface area contributed by atoms with Crippen molar-refractivity contribution in [1.29, 1.82) is 0 Å². The van der Waals surface area contributed by atoms with Crippen LogP contribution < -0.4 is 0 Å². The zero-order valence-electron chi connectivity index (χ0n) is 5.53. The molecule has 0 unspecified atom stereocenters. The lowest BCUT2D eigenvalue weighted by molar-refractivity contribution is 0.360. The van der Waals surface area contributed by atoms with Gasteiger partial charge in [-0.1, -0.05) is 38.0 Å². The predicted molar refractivity (Wildman–Crippen MR) is 36.5 cm³/mol. The maximum absolute atomic E-state index is 3.91. The average Bonchev–Trinajstić information content (AvgIpc) is 1.90. The summed E-state index contributed by atoms with van der Waals surface area (Å²) in [5, 5.41) is 0. The Bertz CT molecular complexity index is 51.1. The summed E-state index contributed by atoms with van der Waals surface area (Å²) in [5.41, 5.74) is 0. The van der Waals surface area contributed by atoms with Crippen molar-refractivity contribution in [3.63, 3.8) is 0 Å². The van der Waals surface area contributed by atoms with Crippen LogP contribution in [0.25, 0.3) is 0 Å². The third-order valence-corrected chi connectivity index (χ3v) is 2.13. The van der Waals surface area contributed by atoms with Gasteiger partial charge in [0.15, 0.2) is 0 Å². The minimum atomic E-state index is 0.976. The Labute approximate surface area is 52.3 Å². The summed E-state index contributed by atoms with van der Waals surface area (Å²) < 4.78 is 0. The van der Waals surface area contributed by atoms with Crippen molar-refractivity contribution >= 4 is 0 Å². The Morgan fingerprint density at radius 1 is 1.12 bits per heavy atom. The van der Waals surface area contributed by atoms with Gasteiger partial charge < -0.3 is 6.92 Å². The maximum Gasteiger partial charge on any atom is -0.0529 e. The van der Waals surface area contributed by atoms with Crippen molar-refractivity contribution in [2.45, 2.75) is 38.5 Å². The molecule has 1 saturated carbocycles. The Hall–Kier alpha value is 0. The minimum absolute atomic E-state index is 0.976. The number of hydrogen-bond acceptors (Lipinski definition) is 0. The van der Waals surface area contributed by atoms with E-state index in [9.17, 15) is 0 Å². The van der Waals surface area contributed by atoms with Crippen LogP contribution in [0.3, 0.4) is 0 Å². The van der Waals surface area contributed by atoms with Gasteiger partial charge in [0.2, 0.25) is 0 Å². The lowest BCUT2D eigenvalue weighted by Crippen LogP contribution is -2.03. The molecule has 0 saturated heterocycles. The van der Waals surface area contributed by atoms with E-state index in [-0.39, 0.29) is 0 Å². The molecule has 0 heterocycles. The van der Waals surface area contributed by atoms with E-state index in [1.54, 1.807) is 0 Å². The molecule has 1 aliphatic carbocycles. The Morgan fingerprint density at radius 2 is 1.75 bits per heavy atom. The average molecular weight is 111 g/mol. The van der Waals surface area contributed by atoms with Crippen molar-refractivity contribution in [2.75, 3.05) is 0 Å². The van der Waals surface area contributed by atoms with Crippen molar-refractivity contribution < 1.29 is 0 Å². The van der Waals surface area contributed by atoms with Gasteiger partial charge in [-0.05, 0) is 0 Å². The lowest BCUT2D eigenvalue weighted by Gasteiger charge is -2.21. The second-order valence-electron chi connectivity index (χ2n) is 2.79. The van der Waals surface area contributed by atoms with Crippen LogP contribution in [-0.4, -0.2) is 0 Å². The van der Waals surface area contributed by atoms with E-state index in [0.717, 1.165) is 5.92 Å². The van der Waals surface area contributed by atoms with Gasteiger partial charge in [0.25, 0.3) is 0 Å². The largest absolute Gasteiger partial charge is 0.343 e. The fraction of sp³-hybridized carbons (Fsp3) is 0.875. The van der Waals surface area contributed by atoms with E-state index in [0.29, 0.717) is 0 Å². The van der Waals surface area contributed by atoms with E-state index in [1.165, 1.54) is 38.5 Å². The molecule has 0 aromatic heterocycles. The summed E-state index contributed by atoms with van der Waals surface area (Å²) in [6.45, 7) is 3.91. The van der Waals surface area contributed by atoms with Gasteiger partial charge in [0.05, 0.1) is 0 Å². The smallest absolute Gasteiger partial charge is 0.0529 e. The highest BCUT2D eigenvalue weighted by molar-refractivity contribution is 4.65. The van der Waals surface area contributed by atoms with Crippen LogP contribution in [0.1, 0.15) is 38.5 Å². The molecule has 48 valence electrons. The van der Waals surface area contributed by atoms with Crippen LogP contribution in [-0.2, 0) is 0 Å². The topological polar surface area (TPSA) is 0 Å². The summed E-state index contributed by atoms with van der Waals surface area (Å²) in [4.78, 5) is 0. The van der Waals surface area contributed by atoms with Gasteiger partial charge in [0.1, 0.15) is 0 Å². The second-order valence-corrected chi connectivity index (χ2v) is 2.79. The highest BCUT2D eigenvalue weighted by Gasteiger charge is 2.07. The van der Waals surface area contributed by atoms with Gasteiger partial charge in [0, 0.05) is 0 Å². The fourth-order valence-corrected chi connectivity index (χ4v) is 1.48. The zero-order valence-corrected chi connectivity index (χ0v) is 5.53. The quantitative estimate of drug-likeness (QED) is 0.456. The maximum atomic E-state index is 3.91. The molecule has 0 aromatic rings. The number of rotatable bonds is 1. The van der Waals surface area contributed by atoms with Crippen LogP contribution in [0.5, 0.6) is 0 Å².